The van der Waals surface area contributed by atoms with E-state index in [-0.39, 0.29) is 5.82 Å². The molecule has 1 atom stereocenters. The Hall–Kier alpha value is -1.59. The fraction of sp³-hybridized carbons (Fsp3) is 0.250. The van der Waals surface area contributed by atoms with Crippen LogP contribution < -0.4 is 15.2 Å². The number of rotatable bonds is 5. The minimum absolute atomic E-state index is 0.383. The van der Waals surface area contributed by atoms with E-state index in [0.29, 0.717) is 17.9 Å². The third-order valence-electron chi connectivity index (χ3n) is 3.16. The van der Waals surface area contributed by atoms with E-state index in [4.69, 9.17) is 15.2 Å². The van der Waals surface area contributed by atoms with Gasteiger partial charge in [-0.05, 0) is 46.6 Å². The van der Waals surface area contributed by atoms with Crippen LogP contribution in [0.3, 0.4) is 0 Å². The van der Waals surface area contributed by atoms with E-state index in [1.54, 1.807) is 12.1 Å². The molecule has 0 heterocycles. The van der Waals surface area contributed by atoms with Gasteiger partial charge in [-0.2, -0.15) is 0 Å². The summed E-state index contributed by atoms with van der Waals surface area (Å²) in [4.78, 5) is 0. The highest BCUT2D eigenvalue weighted by atomic mass is 79.9. The molecule has 0 aliphatic carbocycles. The van der Waals surface area contributed by atoms with E-state index in [9.17, 15) is 4.39 Å². The van der Waals surface area contributed by atoms with E-state index >= 15 is 0 Å². The lowest BCUT2D eigenvalue weighted by Crippen LogP contribution is -2.13. The molecule has 0 fully saturated rings. The van der Waals surface area contributed by atoms with Crippen molar-refractivity contribution in [3.63, 3.8) is 0 Å². The van der Waals surface area contributed by atoms with Gasteiger partial charge in [0.25, 0.3) is 0 Å². The fourth-order valence-corrected chi connectivity index (χ4v) is 2.56. The van der Waals surface area contributed by atoms with Gasteiger partial charge in [0.05, 0.1) is 24.2 Å². The van der Waals surface area contributed by atoms with Gasteiger partial charge in [0.2, 0.25) is 0 Å². The van der Waals surface area contributed by atoms with Crippen LogP contribution in [-0.2, 0) is 0 Å². The molecule has 0 aliphatic rings. The van der Waals surface area contributed by atoms with Crippen LogP contribution in [0.25, 0.3) is 0 Å². The van der Waals surface area contributed by atoms with Crippen LogP contribution in [0.1, 0.15) is 24.1 Å². The number of methoxy groups -OCH3 is 1. The van der Waals surface area contributed by atoms with Crippen LogP contribution in [0.15, 0.2) is 40.9 Å². The standard InChI is InChI=1S/C16H17BrFNO2/c1-3-21-15-7-4-10(8-13(15)17)16(19)12-6-5-11(20-2)9-14(12)18/h4-9,16H,3,19H2,1-2H3. The maximum absolute atomic E-state index is 14.1. The number of benzene rings is 2. The molecule has 0 saturated carbocycles. The molecule has 2 aromatic rings. The van der Waals surface area contributed by atoms with Crippen molar-refractivity contribution in [2.24, 2.45) is 5.73 Å². The molecule has 2 rings (SSSR count). The third-order valence-corrected chi connectivity index (χ3v) is 3.78. The lowest BCUT2D eigenvalue weighted by molar-refractivity contribution is 0.338. The zero-order valence-corrected chi connectivity index (χ0v) is 13.5. The molecule has 0 spiro atoms. The number of hydrogen-bond donors (Lipinski definition) is 1. The number of halogens is 2. The third kappa shape index (κ3) is 3.54. The van der Waals surface area contributed by atoms with Gasteiger partial charge < -0.3 is 15.2 Å². The Kier molecular flexibility index (Phi) is 5.20. The molecule has 2 N–H and O–H groups in total. The van der Waals surface area contributed by atoms with Gasteiger partial charge in [0.15, 0.2) is 0 Å². The Morgan fingerprint density at radius 2 is 2.00 bits per heavy atom. The molecule has 21 heavy (non-hydrogen) atoms. The summed E-state index contributed by atoms with van der Waals surface area (Å²) in [5, 5.41) is 0. The Labute approximate surface area is 132 Å². The van der Waals surface area contributed by atoms with E-state index < -0.39 is 6.04 Å². The van der Waals surface area contributed by atoms with Gasteiger partial charge in [-0.15, -0.1) is 0 Å². The molecule has 3 nitrogen and oxygen atoms in total. The van der Waals surface area contributed by atoms with E-state index in [1.165, 1.54) is 13.2 Å². The summed E-state index contributed by atoms with van der Waals surface area (Å²) in [6, 6.07) is 9.63. The van der Waals surface area contributed by atoms with Crippen molar-refractivity contribution in [2.75, 3.05) is 13.7 Å². The van der Waals surface area contributed by atoms with Gasteiger partial charge in [-0.1, -0.05) is 12.1 Å². The van der Waals surface area contributed by atoms with Crippen molar-refractivity contribution in [3.05, 3.63) is 57.8 Å². The molecule has 0 aromatic heterocycles. The molecule has 0 amide bonds. The van der Waals surface area contributed by atoms with Gasteiger partial charge in [0, 0.05) is 11.6 Å². The Balaban J connectivity index is 2.31. The van der Waals surface area contributed by atoms with Crippen molar-refractivity contribution < 1.29 is 13.9 Å². The highest BCUT2D eigenvalue weighted by Gasteiger charge is 2.15. The first-order valence-electron chi connectivity index (χ1n) is 6.58. The second-order valence-corrected chi connectivity index (χ2v) is 5.34. The van der Waals surface area contributed by atoms with Crippen molar-refractivity contribution in [1.82, 2.24) is 0 Å². The molecule has 0 saturated heterocycles. The molecule has 1 unspecified atom stereocenters. The summed E-state index contributed by atoms with van der Waals surface area (Å²) in [6.45, 7) is 2.50. The van der Waals surface area contributed by atoms with E-state index in [0.717, 1.165) is 15.8 Å². The minimum Gasteiger partial charge on any atom is -0.497 e. The molecular formula is C16H17BrFNO2. The number of hydrogen-bond acceptors (Lipinski definition) is 3. The Morgan fingerprint density at radius 1 is 1.24 bits per heavy atom. The summed E-state index contributed by atoms with van der Waals surface area (Å²) >= 11 is 3.44. The second kappa shape index (κ2) is 6.91. The van der Waals surface area contributed by atoms with Crippen LogP contribution in [0.4, 0.5) is 4.39 Å². The normalized spacial score (nSPS) is 12.0. The van der Waals surface area contributed by atoms with Crippen LogP contribution in [0.5, 0.6) is 11.5 Å². The zero-order chi connectivity index (χ0) is 15.4. The first-order valence-corrected chi connectivity index (χ1v) is 7.37. The molecule has 0 aliphatic heterocycles. The molecule has 2 aromatic carbocycles. The quantitative estimate of drug-likeness (QED) is 0.881. The highest BCUT2D eigenvalue weighted by Crippen LogP contribution is 2.31. The maximum Gasteiger partial charge on any atom is 0.133 e. The van der Waals surface area contributed by atoms with Crippen LogP contribution in [-0.4, -0.2) is 13.7 Å². The summed E-state index contributed by atoms with van der Waals surface area (Å²) in [5.41, 5.74) is 7.38. The lowest BCUT2D eigenvalue weighted by atomic mass is 9.99. The van der Waals surface area contributed by atoms with Crippen LogP contribution in [0, 0.1) is 5.82 Å². The molecular weight excluding hydrogens is 337 g/mol. The molecule has 112 valence electrons. The van der Waals surface area contributed by atoms with Gasteiger partial charge in [0.1, 0.15) is 17.3 Å². The number of ether oxygens (including phenoxy) is 2. The second-order valence-electron chi connectivity index (χ2n) is 4.49. The van der Waals surface area contributed by atoms with Gasteiger partial charge >= 0.3 is 0 Å². The molecule has 0 bridgehead atoms. The summed E-state index contributed by atoms with van der Waals surface area (Å²) in [7, 11) is 1.50. The predicted molar refractivity (Wildman–Crippen MR) is 84.3 cm³/mol. The first kappa shape index (κ1) is 15.8. The van der Waals surface area contributed by atoms with E-state index in [1.807, 2.05) is 25.1 Å². The highest BCUT2D eigenvalue weighted by molar-refractivity contribution is 9.10. The predicted octanol–water partition coefficient (Wildman–Crippen LogP) is 4.04. The first-order chi connectivity index (χ1) is 10.1. The summed E-state index contributed by atoms with van der Waals surface area (Å²) in [6.07, 6.45) is 0. The van der Waals surface area contributed by atoms with Crippen LogP contribution >= 0.6 is 15.9 Å². The number of nitrogens with two attached hydrogens (primary N) is 1. The van der Waals surface area contributed by atoms with Gasteiger partial charge in [-0.3, -0.25) is 0 Å². The minimum atomic E-state index is -0.553. The molecule has 0 radical (unpaired) electrons. The smallest absolute Gasteiger partial charge is 0.133 e. The summed E-state index contributed by atoms with van der Waals surface area (Å²) in [5.74, 6) is 0.826. The largest absolute Gasteiger partial charge is 0.497 e. The van der Waals surface area contributed by atoms with E-state index in [2.05, 4.69) is 15.9 Å². The monoisotopic (exact) mass is 353 g/mol. The van der Waals surface area contributed by atoms with Crippen molar-refractivity contribution >= 4 is 15.9 Å². The molecule has 5 heteroatoms. The van der Waals surface area contributed by atoms with Crippen molar-refractivity contribution in [3.8, 4) is 11.5 Å². The van der Waals surface area contributed by atoms with Gasteiger partial charge in [-0.25, -0.2) is 4.39 Å². The SMILES string of the molecule is CCOc1ccc(C(N)c2ccc(OC)cc2F)cc1Br. The Morgan fingerprint density at radius 3 is 2.57 bits per heavy atom. The van der Waals surface area contributed by atoms with Crippen molar-refractivity contribution in [2.45, 2.75) is 13.0 Å². The van der Waals surface area contributed by atoms with Crippen LogP contribution in [0.2, 0.25) is 0 Å². The maximum atomic E-state index is 14.1. The summed E-state index contributed by atoms with van der Waals surface area (Å²) < 4.78 is 25.3. The average molecular weight is 354 g/mol. The zero-order valence-electron chi connectivity index (χ0n) is 11.9. The average Bonchev–Trinajstić information content (AvgIpc) is 2.48. The Bertz CT molecular complexity index is 634. The fourth-order valence-electron chi connectivity index (χ4n) is 2.05. The lowest BCUT2D eigenvalue weighted by Gasteiger charge is -2.16. The topological polar surface area (TPSA) is 44.5 Å². The van der Waals surface area contributed by atoms with Crippen molar-refractivity contribution in [1.29, 1.82) is 0 Å².